The number of halogens is 1. The van der Waals surface area contributed by atoms with E-state index in [-0.39, 0.29) is 17.9 Å². The van der Waals surface area contributed by atoms with Crippen LogP contribution in [0.25, 0.3) is 0 Å². The molecule has 0 saturated heterocycles. The topological polar surface area (TPSA) is 26.0 Å². The van der Waals surface area contributed by atoms with Crippen molar-refractivity contribution < 1.29 is 0 Å². The standard InChI is InChI=1S/C17H37N.ClH/c1-5-7-8-9-10-11-12-13-15-16(14-6-2)17(3,4)18;/h16H,5-15,18H2,1-4H3;1H. The first kappa shape index (κ1) is 21.5. The molecule has 0 fully saturated rings. The summed E-state index contributed by atoms with van der Waals surface area (Å²) in [6, 6.07) is 0. The van der Waals surface area contributed by atoms with Crippen LogP contribution in [0.15, 0.2) is 0 Å². The fraction of sp³-hybridized carbons (Fsp3) is 1.00. The van der Waals surface area contributed by atoms with Crippen molar-refractivity contribution in [2.24, 2.45) is 11.7 Å². The van der Waals surface area contributed by atoms with E-state index in [9.17, 15) is 0 Å². The van der Waals surface area contributed by atoms with Gasteiger partial charge in [0.25, 0.3) is 0 Å². The van der Waals surface area contributed by atoms with Crippen LogP contribution in [0, 0.1) is 5.92 Å². The monoisotopic (exact) mass is 291 g/mol. The molecule has 2 heteroatoms. The fourth-order valence-corrected chi connectivity index (χ4v) is 2.76. The van der Waals surface area contributed by atoms with Gasteiger partial charge in [0.2, 0.25) is 0 Å². The van der Waals surface area contributed by atoms with Crippen LogP contribution in [0.5, 0.6) is 0 Å². The summed E-state index contributed by atoms with van der Waals surface area (Å²) >= 11 is 0. The van der Waals surface area contributed by atoms with Crippen LogP contribution in [0.2, 0.25) is 0 Å². The Morgan fingerprint density at radius 2 is 1.21 bits per heavy atom. The van der Waals surface area contributed by atoms with Crippen LogP contribution in [0.3, 0.4) is 0 Å². The highest BCUT2D eigenvalue weighted by molar-refractivity contribution is 5.85. The Morgan fingerprint density at radius 3 is 1.63 bits per heavy atom. The second kappa shape index (κ2) is 13.2. The van der Waals surface area contributed by atoms with Crippen LogP contribution in [0.4, 0.5) is 0 Å². The van der Waals surface area contributed by atoms with Crippen molar-refractivity contribution in [3.63, 3.8) is 0 Å². The molecule has 0 spiro atoms. The summed E-state index contributed by atoms with van der Waals surface area (Å²) in [6.45, 7) is 8.94. The summed E-state index contributed by atoms with van der Waals surface area (Å²) in [5.41, 5.74) is 6.27. The van der Waals surface area contributed by atoms with Gasteiger partial charge in [-0.15, -0.1) is 12.4 Å². The van der Waals surface area contributed by atoms with Crippen molar-refractivity contribution in [2.45, 2.75) is 104 Å². The van der Waals surface area contributed by atoms with Crippen LogP contribution >= 0.6 is 12.4 Å². The van der Waals surface area contributed by atoms with Gasteiger partial charge in [-0.2, -0.15) is 0 Å². The Hall–Kier alpha value is 0.250. The van der Waals surface area contributed by atoms with Crippen molar-refractivity contribution in [1.29, 1.82) is 0 Å². The third-order valence-electron chi connectivity index (χ3n) is 4.10. The van der Waals surface area contributed by atoms with Crippen molar-refractivity contribution in [3.8, 4) is 0 Å². The fourth-order valence-electron chi connectivity index (χ4n) is 2.76. The molecule has 1 atom stereocenters. The van der Waals surface area contributed by atoms with Crippen LogP contribution in [-0.2, 0) is 0 Å². The molecule has 0 aromatic carbocycles. The first-order valence-electron chi connectivity index (χ1n) is 8.31. The molecule has 0 heterocycles. The molecule has 118 valence electrons. The van der Waals surface area contributed by atoms with E-state index in [0.29, 0.717) is 5.92 Å². The number of unbranched alkanes of at least 4 members (excludes halogenated alkanes) is 7. The van der Waals surface area contributed by atoms with Crippen LogP contribution in [0.1, 0.15) is 98.3 Å². The third kappa shape index (κ3) is 13.0. The number of hydrogen-bond donors (Lipinski definition) is 1. The maximum absolute atomic E-state index is 6.26. The second-order valence-electron chi connectivity index (χ2n) is 6.57. The zero-order valence-corrected chi connectivity index (χ0v) is 14.7. The van der Waals surface area contributed by atoms with E-state index in [1.165, 1.54) is 70.6 Å². The third-order valence-corrected chi connectivity index (χ3v) is 4.10. The molecule has 0 aromatic heterocycles. The first-order chi connectivity index (χ1) is 8.52. The lowest BCUT2D eigenvalue weighted by Gasteiger charge is -2.30. The maximum Gasteiger partial charge on any atom is 0.0125 e. The van der Waals surface area contributed by atoms with E-state index in [2.05, 4.69) is 27.7 Å². The highest BCUT2D eigenvalue weighted by atomic mass is 35.5. The number of rotatable bonds is 12. The van der Waals surface area contributed by atoms with Gasteiger partial charge in [-0.1, -0.05) is 71.6 Å². The van der Waals surface area contributed by atoms with Gasteiger partial charge in [0, 0.05) is 5.54 Å². The number of hydrogen-bond acceptors (Lipinski definition) is 1. The lowest BCUT2D eigenvalue weighted by Crippen LogP contribution is -2.40. The van der Waals surface area contributed by atoms with E-state index in [1.54, 1.807) is 0 Å². The molecule has 0 aliphatic heterocycles. The number of nitrogens with two attached hydrogens (primary N) is 1. The summed E-state index contributed by atoms with van der Waals surface area (Å²) in [5, 5.41) is 0. The van der Waals surface area contributed by atoms with E-state index < -0.39 is 0 Å². The lowest BCUT2D eigenvalue weighted by atomic mass is 9.81. The van der Waals surface area contributed by atoms with Crippen LogP contribution in [-0.4, -0.2) is 5.54 Å². The average molecular weight is 292 g/mol. The molecule has 1 nitrogen and oxygen atoms in total. The van der Waals surface area contributed by atoms with Gasteiger partial charge in [-0.25, -0.2) is 0 Å². The van der Waals surface area contributed by atoms with Gasteiger partial charge >= 0.3 is 0 Å². The Balaban J connectivity index is 0. The Labute approximate surface area is 128 Å². The zero-order chi connectivity index (χ0) is 13.9. The lowest BCUT2D eigenvalue weighted by molar-refractivity contribution is 0.273. The largest absolute Gasteiger partial charge is 0.325 e. The Kier molecular flexibility index (Phi) is 15.0. The summed E-state index contributed by atoms with van der Waals surface area (Å²) in [4.78, 5) is 0. The predicted octanol–water partition coefficient (Wildman–Crippen LogP) is 6.09. The molecule has 0 saturated carbocycles. The highest BCUT2D eigenvalue weighted by Crippen LogP contribution is 2.25. The van der Waals surface area contributed by atoms with Gasteiger partial charge < -0.3 is 5.73 Å². The highest BCUT2D eigenvalue weighted by Gasteiger charge is 2.23. The van der Waals surface area contributed by atoms with Gasteiger partial charge in [0.15, 0.2) is 0 Å². The van der Waals surface area contributed by atoms with Gasteiger partial charge in [-0.3, -0.25) is 0 Å². The Morgan fingerprint density at radius 1 is 0.737 bits per heavy atom. The predicted molar refractivity (Wildman–Crippen MR) is 91.1 cm³/mol. The van der Waals surface area contributed by atoms with Crippen molar-refractivity contribution in [1.82, 2.24) is 0 Å². The molecule has 0 aliphatic rings. The van der Waals surface area contributed by atoms with Gasteiger partial charge in [0.05, 0.1) is 0 Å². The molecule has 0 bridgehead atoms. The zero-order valence-electron chi connectivity index (χ0n) is 13.8. The minimum absolute atomic E-state index is 0. The first-order valence-corrected chi connectivity index (χ1v) is 8.31. The minimum atomic E-state index is 0. The van der Waals surface area contributed by atoms with Crippen molar-refractivity contribution in [2.75, 3.05) is 0 Å². The summed E-state index contributed by atoms with van der Waals surface area (Å²) < 4.78 is 0. The molecule has 0 aromatic rings. The molecule has 0 radical (unpaired) electrons. The molecule has 2 N–H and O–H groups in total. The van der Waals surface area contributed by atoms with Crippen molar-refractivity contribution >= 4 is 12.4 Å². The average Bonchev–Trinajstić information content (AvgIpc) is 2.30. The Bertz CT molecular complexity index is 175. The van der Waals surface area contributed by atoms with E-state index >= 15 is 0 Å². The minimum Gasteiger partial charge on any atom is -0.325 e. The van der Waals surface area contributed by atoms with E-state index in [1.807, 2.05) is 0 Å². The molecule has 0 rings (SSSR count). The molecule has 19 heavy (non-hydrogen) atoms. The quantitative estimate of drug-likeness (QED) is 0.432. The molecule has 0 aliphatic carbocycles. The molecular formula is C17H38ClN. The van der Waals surface area contributed by atoms with E-state index in [4.69, 9.17) is 5.73 Å². The van der Waals surface area contributed by atoms with Crippen LogP contribution < -0.4 is 5.73 Å². The normalized spacial score (nSPS) is 13.1. The maximum atomic E-state index is 6.26. The molecular weight excluding hydrogens is 254 g/mol. The summed E-state index contributed by atoms with van der Waals surface area (Å²) in [7, 11) is 0. The SMILES string of the molecule is CCCCCCCCCCC(CCC)C(C)(C)N.Cl. The van der Waals surface area contributed by atoms with Crippen molar-refractivity contribution in [3.05, 3.63) is 0 Å². The smallest absolute Gasteiger partial charge is 0.0125 e. The second-order valence-corrected chi connectivity index (χ2v) is 6.57. The van der Waals surface area contributed by atoms with Gasteiger partial charge in [0.1, 0.15) is 0 Å². The van der Waals surface area contributed by atoms with Gasteiger partial charge in [-0.05, 0) is 32.6 Å². The summed E-state index contributed by atoms with van der Waals surface area (Å²) in [6.07, 6.45) is 15.2. The molecule has 0 amide bonds. The van der Waals surface area contributed by atoms with E-state index in [0.717, 1.165) is 0 Å². The molecule has 1 unspecified atom stereocenters. The summed E-state index contributed by atoms with van der Waals surface area (Å²) in [5.74, 6) is 0.711.